The number of rotatable bonds is 4. The van der Waals surface area contributed by atoms with E-state index in [4.69, 9.17) is 5.73 Å². The second-order valence-corrected chi connectivity index (χ2v) is 5.53. The molecule has 3 heteroatoms. The van der Waals surface area contributed by atoms with E-state index in [0.29, 0.717) is 0 Å². The fourth-order valence-electron chi connectivity index (χ4n) is 2.57. The van der Waals surface area contributed by atoms with Crippen LogP contribution in [-0.4, -0.2) is 29.5 Å². The predicted octanol–water partition coefficient (Wildman–Crippen LogP) is 2.96. The van der Waals surface area contributed by atoms with E-state index < -0.39 is 0 Å². The molecule has 2 rings (SSSR count). The average Bonchev–Trinajstić information content (AvgIpc) is 2.44. The molecule has 0 saturated carbocycles. The maximum absolute atomic E-state index is 6.59. The third kappa shape index (κ3) is 2.36. The van der Waals surface area contributed by atoms with Crippen molar-refractivity contribution in [1.29, 1.82) is 0 Å². The summed E-state index contributed by atoms with van der Waals surface area (Å²) in [6.45, 7) is 4.41. The molecular formula is C16H23N3. The largest absolute Gasteiger partial charge is 0.322 e. The first kappa shape index (κ1) is 14.0. The van der Waals surface area contributed by atoms with Gasteiger partial charge in [-0.25, -0.2) is 0 Å². The van der Waals surface area contributed by atoms with Crippen LogP contribution in [0.4, 0.5) is 0 Å². The van der Waals surface area contributed by atoms with Gasteiger partial charge in [-0.3, -0.25) is 4.98 Å². The summed E-state index contributed by atoms with van der Waals surface area (Å²) >= 11 is 0. The number of pyridine rings is 1. The Morgan fingerprint density at radius 2 is 2.05 bits per heavy atom. The number of aromatic nitrogens is 1. The summed E-state index contributed by atoms with van der Waals surface area (Å²) < 4.78 is 0. The van der Waals surface area contributed by atoms with Crippen molar-refractivity contribution in [2.24, 2.45) is 5.73 Å². The van der Waals surface area contributed by atoms with Crippen LogP contribution in [0.5, 0.6) is 0 Å². The zero-order valence-electron chi connectivity index (χ0n) is 12.2. The molecule has 1 aromatic carbocycles. The Labute approximate surface area is 115 Å². The van der Waals surface area contributed by atoms with E-state index in [0.717, 1.165) is 11.8 Å². The van der Waals surface area contributed by atoms with Crippen LogP contribution < -0.4 is 5.73 Å². The lowest BCUT2D eigenvalue weighted by Gasteiger charge is -2.41. The molecule has 0 fully saturated rings. The monoisotopic (exact) mass is 257 g/mol. The van der Waals surface area contributed by atoms with Crippen LogP contribution in [0, 0.1) is 0 Å². The van der Waals surface area contributed by atoms with Crippen LogP contribution in [-0.2, 0) is 0 Å². The van der Waals surface area contributed by atoms with Gasteiger partial charge in [0.25, 0.3) is 0 Å². The molecule has 102 valence electrons. The second-order valence-electron chi connectivity index (χ2n) is 5.53. The standard InChI is InChI=1S/C16H23N3/c1-5-16(2,19(3)4)15(17)14-8-6-7-12-11-18-10-9-13(12)14/h6-11,15H,5,17H2,1-4H3. The molecule has 0 spiro atoms. The molecule has 2 N–H and O–H groups in total. The van der Waals surface area contributed by atoms with E-state index in [1.807, 2.05) is 12.4 Å². The SMILES string of the molecule is CCC(C)(C(N)c1cccc2cnccc12)N(C)C. The van der Waals surface area contributed by atoms with Gasteiger partial charge in [0, 0.05) is 29.4 Å². The Bertz CT molecular complexity index is 559. The van der Waals surface area contributed by atoms with Crippen LogP contribution in [0.15, 0.2) is 36.7 Å². The van der Waals surface area contributed by atoms with Crippen molar-refractivity contribution in [3.05, 3.63) is 42.2 Å². The van der Waals surface area contributed by atoms with Crippen LogP contribution in [0.25, 0.3) is 10.8 Å². The number of nitrogens with two attached hydrogens (primary N) is 1. The van der Waals surface area contributed by atoms with Crippen LogP contribution in [0.2, 0.25) is 0 Å². The van der Waals surface area contributed by atoms with Crippen molar-refractivity contribution in [1.82, 2.24) is 9.88 Å². The molecule has 1 heterocycles. The molecule has 0 aliphatic heterocycles. The van der Waals surface area contributed by atoms with Crippen LogP contribution in [0.3, 0.4) is 0 Å². The van der Waals surface area contributed by atoms with Crippen LogP contribution >= 0.6 is 0 Å². The first-order chi connectivity index (χ1) is 9.00. The Hall–Kier alpha value is -1.45. The topological polar surface area (TPSA) is 42.1 Å². The average molecular weight is 257 g/mol. The molecule has 1 aromatic heterocycles. The molecule has 2 atom stereocenters. The summed E-state index contributed by atoms with van der Waals surface area (Å²) in [6, 6.07) is 8.29. The second kappa shape index (κ2) is 5.27. The molecule has 2 unspecified atom stereocenters. The third-order valence-electron chi connectivity index (χ3n) is 4.46. The van der Waals surface area contributed by atoms with Crippen molar-refractivity contribution in [3.8, 4) is 0 Å². The quantitative estimate of drug-likeness (QED) is 0.915. The van der Waals surface area contributed by atoms with E-state index in [1.54, 1.807) is 0 Å². The molecule has 0 bridgehead atoms. The lowest BCUT2D eigenvalue weighted by molar-refractivity contribution is 0.132. The lowest BCUT2D eigenvalue weighted by atomic mass is 9.82. The summed E-state index contributed by atoms with van der Waals surface area (Å²) in [6.07, 6.45) is 4.73. The fourth-order valence-corrected chi connectivity index (χ4v) is 2.57. The molecule has 0 aliphatic carbocycles. The third-order valence-corrected chi connectivity index (χ3v) is 4.46. The predicted molar refractivity (Wildman–Crippen MR) is 81.1 cm³/mol. The molecule has 0 aliphatic rings. The number of nitrogens with zero attached hydrogens (tertiary/aromatic N) is 2. The van der Waals surface area contributed by atoms with Gasteiger partial charge in [0.1, 0.15) is 0 Å². The fraction of sp³-hybridized carbons (Fsp3) is 0.438. The zero-order valence-corrected chi connectivity index (χ0v) is 12.2. The lowest BCUT2D eigenvalue weighted by Crippen LogP contribution is -2.49. The van der Waals surface area contributed by atoms with Crippen molar-refractivity contribution >= 4 is 10.8 Å². The van der Waals surface area contributed by atoms with Gasteiger partial charge in [-0.2, -0.15) is 0 Å². The van der Waals surface area contributed by atoms with E-state index in [2.05, 4.69) is 62.1 Å². The highest BCUT2D eigenvalue weighted by atomic mass is 15.2. The molecule has 2 aromatic rings. The minimum Gasteiger partial charge on any atom is -0.322 e. The van der Waals surface area contributed by atoms with Crippen LogP contribution in [0.1, 0.15) is 31.9 Å². The normalized spacial score (nSPS) is 16.5. The van der Waals surface area contributed by atoms with Gasteiger partial charge >= 0.3 is 0 Å². The summed E-state index contributed by atoms with van der Waals surface area (Å²) in [4.78, 5) is 6.40. The van der Waals surface area contributed by atoms with E-state index >= 15 is 0 Å². The molecule has 19 heavy (non-hydrogen) atoms. The number of benzene rings is 1. The number of fused-ring (bicyclic) bond motifs is 1. The molecule has 0 radical (unpaired) electrons. The number of hydrogen-bond acceptors (Lipinski definition) is 3. The zero-order chi connectivity index (χ0) is 14.0. The first-order valence-corrected chi connectivity index (χ1v) is 6.76. The highest BCUT2D eigenvalue weighted by Crippen LogP contribution is 2.34. The Morgan fingerprint density at radius 1 is 1.32 bits per heavy atom. The highest BCUT2D eigenvalue weighted by Gasteiger charge is 2.33. The van der Waals surface area contributed by atoms with E-state index in [9.17, 15) is 0 Å². The number of hydrogen-bond donors (Lipinski definition) is 1. The first-order valence-electron chi connectivity index (χ1n) is 6.76. The summed E-state index contributed by atoms with van der Waals surface area (Å²) in [5, 5.41) is 2.35. The van der Waals surface area contributed by atoms with Crippen molar-refractivity contribution in [2.45, 2.75) is 31.8 Å². The maximum atomic E-state index is 6.59. The maximum Gasteiger partial charge on any atom is 0.0485 e. The molecular weight excluding hydrogens is 234 g/mol. The van der Waals surface area contributed by atoms with Gasteiger partial charge in [0.2, 0.25) is 0 Å². The van der Waals surface area contributed by atoms with Crippen molar-refractivity contribution < 1.29 is 0 Å². The Morgan fingerprint density at radius 3 is 2.68 bits per heavy atom. The summed E-state index contributed by atoms with van der Waals surface area (Å²) in [5.41, 5.74) is 7.72. The summed E-state index contributed by atoms with van der Waals surface area (Å²) in [5.74, 6) is 0. The Balaban J connectivity index is 2.55. The van der Waals surface area contributed by atoms with Gasteiger partial charge in [-0.15, -0.1) is 0 Å². The van der Waals surface area contributed by atoms with E-state index in [-0.39, 0.29) is 11.6 Å². The summed E-state index contributed by atoms with van der Waals surface area (Å²) in [7, 11) is 4.19. The van der Waals surface area contributed by atoms with Gasteiger partial charge < -0.3 is 10.6 Å². The minimum atomic E-state index is -0.0580. The smallest absolute Gasteiger partial charge is 0.0485 e. The van der Waals surface area contributed by atoms with Gasteiger partial charge in [-0.1, -0.05) is 25.1 Å². The van der Waals surface area contributed by atoms with Gasteiger partial charge in [0.15, 0.2) is 0 Å². The van der Waals surface area contributed by atoms with Gasteiger partial charge in [-0.05, 0) is 44.5 Å². The van der Waals surface area contributed by atoms with Crippen molar-refractivity contribution in [3.63, 3.8) is 0 Å². The van der Waals surface area contributed by atoms with Crippen molar-refractivity contribution in [2.75, 3.05) is 14.1 Å². The minimum absolute atomic E-state index is 0.0291. The molecule has 3 nitrogen and oxygen atoms in total. The Kier molecular flexibility index (Phi) is 3.88. The molecule has 0 amide bonds. The number of likely N-dealkylation sites (N-methyl/N-ethyl adjacent to an activating group) is 1. The highest BCUT2D eigenvalue weighted by molar-refractivity contribution is 5.85. The van der Waals surface area contributed by atoms with Gasteiger partial charge in [0.05, 0.1) is 0 Å². The van der Waals surface area contributed by atoms with E-state index in [1.165, 1.54) is 10.9 Å². The molecule has 0 saturated heterocycles.